The van der Waals surface area contributed by atoms with Gasteiger partial charge in [0.1, 0.15) is 0 Å². The van der Waals surface area contributed by atoms with Crippen LogP contribution >= 0.6 is 23.2 Å². The van der Waals surface area contributed by atoms with Crippen molar-refractivity contribution in [3.8, 4) is 11.1 Å². The monoisotopic (exact) mass is 330 g/mol. The van der Waals surface area contributed by atoms with Gasteiger partial charge in [-0.15, -0.1) is 0 Å². The van der Waals surface area contributed by atoms with E-state index in [0.29, 0.717) is 21.4 Å². The maximum absolute atomic E-state index is 6.13. The molecule has 0 saturated carbocycles. The summed E-state index contributed by atoms with van der Waals surface area (Å²) in [6, 6.07) is 23.0. The van der Waals surface area contributed by atoms with Gasteiger partial charge in [-0.25, -0.2) is 0 Å². The molecule has 0 amide bonds. The third-order valence-electron chi connectivity index (χ3n) is 3.00. The van der Waals surface area contributed by atoms with Crippen LogP contribution in [0.3, 0.4) is 0 Å². The summed E-state index contributed by atoms with van der Waals surface area (Å²) < 4.78 is 0. The van der Waals surface area contributed by atoms with Crippen molar-refractivity contribution >= 4 is 34.6 Å². The molecule has 0 aliphatic heterocycles. The number of halogens is 2. The Morgan fingerprint density at radius 1 is 0.591 bits per heavy atom. The van der Waals surface area contributed by atoms with Crippen molar-refractivity contribution in [1.29, 1.82) is 0 Å². The molecule has 112 valence electrons. The molecule has 0 saturated heterocycles. The number of benzene rings is 3. The molecule has 4 heteroatoms. The summed E-state index contributed by atoms with van der Waals surface area (Å²) in [6.45, 7) is 0. The Labute approximate surface area is 140 Å². The first-order valence-electron chi connectivity index (χ1n) is 6.69. The van der Waals surface area contributed by atoms with Gasteiger partial charge >= 0.3 is 0 Å². The summed E-state index contributed by atoms with van der Waals surface area (Å²) in [5, 5.41) is 0.849. The molecule has 0 radical (unpaired) electrons. The van der Waals surface area contributed by atoms with Crippen LogP contribution in [0.4, 0.5) is 11.4 Å². The van der Waals surface area contributed by atoms with Gasteiger partial charge in [0.15, 0.2) is 0 Å². The largest absolute Gasteiger partial charge is 0.399 e. The third kappa shape index (κ3) is 4.17. The average Bonchev–Trinajstić information content (AvgIpc) is 2.56. The van der Waals surface area contributed by atoms with Crippen LogP contribution < -0.4 is 11.5 Å². The number of hydrogen-bond acceptors (Lipinski definition) is 2. The quantitative estimate of drug-likeness (QED) is 0.578. The maximum atomic E-state index is 6.13. The Hall–Kier alpha value is -2.16. The topological polar surface area (TPSA) is 52.0 Å². The van der Waals surface area contributed by atoms with Gasteiger partial charge in [0, 0.05) is 11.3 Å². The zero-order chi connectivity index (χ0) is 15.9. The maximum Gasteiger partial charge on any atom is 0.0827 e. The molecule has 3 aromatic carbocycles. The Morgan fingerprint density at radius 3 is 1.59 bits per heavy atom. The minimum atomic E-state index is 0.385. The highest BCUT2D eigenvalue weighted by Gasteiger charge is 2.09. The molecule has 22 heavy (non-hydrogen) atoms. The highest BCUT2D eigenvalue weighted by atomic mass is 35.5. The van der Waals surface area contributed by atoms with Gasteiger partial charge in [-0.1, -0.05) is 77.8 Å². The second kappa shape index (κ2) is 7.74. The van der Waals surface area contributed by atoms with Gasteiger partial charge < -0.3 is 11.5 Å². The molecule has 3 aromatic rings. The number of nitrogens with two attached hydrogens (primary N) is 2. The van der Waals surface area contributed by atoms with E-state index < -0.39 is 0 Å². The fourth-order valence-electron chi connectivity index (χ4n) is 1.83. The van der Waals surface area contributed by atoms with Crippen LogP contribution in [0, 0.1) is 0 Å². The third-order valence-corrected chi connectivity index (χ3v) is 3.90. The molecular weight excluding hydrogens is 315 g/mol. The van der Waals surface area contributed by atoms with E-state index in [9.17, 15) is 0 Å². The van der Waals surface area contributed by atoms with Gasteiger partial charge in [-0.05, 0) is 23.8 Å². The number of rotatable bonds is 1. The molecule has 3 rings (SSSR count). The highest BCUT2D eigenvalue weighted by molar-refractivity contribution is 6.45. The molecule has 0 fully saturated rings. The van der Waals surface area contributed by atoms with Crippen molar-refractivity contribution in [2.75, 3.05) is 11.5 Å². The van der Waals surface area contributed by atoms with Gasteiger partial charge in [0.25, 0.3) is 0 Å². The Morgan fingerprint density at radius 2 is 1.09 bits per heavy atom. The normalized spacial score (nSPS) is 9.73. The van der Waals surface area contributed by atoms with Crippen LogP contribution in [0.1, 0.15) is 0 Å². The van der Waals surface area contributed by atoms with Crippen LogP contribution in [0.15, 0.2) is 72.8 Å². The zero-order valence-corrected chi connectivity index (χ0v) is 13.4. The first kappa shape index (κ1) is 16.2. The van der Waals surface area contributed by atoms with Crippen molar-refractivity contribution in [1.82, 2.24) is 0 Å². The zero-order valence-electron chi connectivity index (χ0n) is 11.8. The standard InChI is InChI=1S/C12H10Cl2N2.C6H6/c13-11-9(5-6-10(16)12(11)14)7-1-3-8(15)4-2-7;1-2-4-6-5-3-1/h1-6H,15-16H2;1-6H. The summed E-state index contributed by atoms with van der Waals surface area (Å²) in [6.07, 6.45) is 0. The molecular formula is C18H16Cl2N2. The molecule has 0 aliphatic carbocycles. The van der Waals surface area contributed by atoms with Crippen LogP contribution in [-0.2, 0) is 0 Å². The van der Waals surface area contributed by atoms with Crippen LogP contribution in [0.5, 0.6) is 0 Å². The lowest BCUT2D eigenvalue weighted by Gasteiger charge is -2.08. The van der Waals surface area contributed by atoms with Crippen molar-refractivity contribution in [3.05, 3.63) is 82.8 Å². The second-order valence-corrected chi connectivity index (χ2v) is 5.36. The van der Waals surface area contributed by atoms with Gasteiger partial charge in [-0.2, -0.15) is 0 Å². The molecule has 0 bridgehead atoms. The molecule has 0 heterocycles. The van der Waals surface area contributed by atoms with E-state index in [1.165, 1.54) is 0 Å². The molecule has 4 N–H and O–H groups in total. The van der Waals surface area contributed by atoms with E-state index in [1.54, 1.807) is 6.07 Å². The van der Waals surface area contributed by atoms with Gasteiger partial charge in [-0.3, -0.25) is 0 Å². The molecule has 0 spiro atoms. The SMILES string of the molecule is Nc1ccc(-c2ccc(N)c(Cl)c2Cl)cc1.c1ccccc1. The van der Waals surface area contributed by atoms with Gasteiger partial charge in [0.05, 0.1) is 15.7 Å². The average molecular weight is 331 g/mol. The first-order chi connectivity index (χ1) is 10.6. The van der Waals surface area contributed by atoms with Crippen molar-refractivity contribution in [2.45, 2.75) is 0 Å². The smallest absolute Gasteiger partial charge is 0.0827 e. The number of hydrogen-bond donors (Lipinski definition) is 2. The van der Waals surface area contributed by atoms with Crippen LogP contribution in [0.25, 0.3) is 11.1 Å². The van der Waals surface area contributed by atoms with Gasteiger partial charge in [0.2, 0.25) is 0 Å². The molecule has 0 atom stereocenters. The van der Waals surface area contributed by atoms with Crippen molar-refractivity contribution < 1.29 is 0 Å². The van der Waals surface area contributed by atoms with E-state index in [4.69, 9.17) is 34.7 Å². The number of nitrogen functional groups attached to an aromatic ring is 2. The van der Waals surface area contributed by atoms with Crippen LogP contribution in [-0.4, -0.2) is 0 Å². The second-order valence-electron chi connectivity index (χ2n) is 4.61. The van der Waals surface area contributed by atoms with Crippen molar-refractivity contribution in [3.63, 3.8) is 0 Å². The summed E-state index contributed by atoms with van der Waals surface area (Å²) >= 11 is 12.1. The summed E-state index contributed by atoms with van der Waals surface area (Å²) in [4.78, 5) is 0. The summed E-state index contributed by atoms with van der Waals surface area (Å²) in [5.74, 6) is 0. The predicted octanol–water partition coefficient (Wildman–Crippen LogP) is 5.51. The van der Waals surface area contributed by atoms with E-state index in [2.05, 4.69) is 0 Å². The van der Waals surface area contributed by atoms with E-state index in [0.717, 1.165) is 11.1 Å². The summed E-state index contributed by atoms with van der Waals surface area (Å²) in [7, 11) is 0. The Balaban J connectivity index is 0.000000246. The summed E-state index contributed by atoms with van der Waals surface area (Å²) in [5.41, 5.74) is 14.3. The molecule has 0 aliphatic rings. The van der Waals surface area contributed by atoms with Crippen molar-refractivity contribution in [2.24, 2.45) is 0 Å². The lowest BCUT2D eigenvalue weighted by atomic mass is 10.0. The lowest BCUT2D eigenvalue weighted by molar-refractivity contribution is 1.60. The molecule has 0 aromatic heterocycles. The fraction of sp³-hybridized carbons (Fsp3) is 0. The Bertz CT molecular complexity index is 699. The van der Waals surface area contributed by atoms with Crippen LogP contribution in [0.2, 0.25) is 10.0 Å². The van der Waals surface area contributed by atoms with E-state index in [1.807, 2.05) is 66.7 Å². The number of anilines is 2. The minimum Gasteiger partial charge on any atom is -0.399 e. The molecule has 0 unspecified atom stereocenters. The fourth-order valence-corrected chi connectivity index (χ4v) is 2.28. The van der Waals surface area contributed by atoms with E-state index >= 15 is 0 Å². The van der Waals surface area contributed by atoms with E-state index in [-0.39, 0.29) is 0 Å². The predicted molar refractivity (Wildman–Crippen MR) is 97.2 cm³/mol. The molecule has 2 nitrogen and oxygen atoms in total. The first-order valence-corrected chi connectivity index (χ1v) is 7.44. The lowest BCUT2D eigenvalue weighted by Crippen LogP contribution is -1.89. The highest BCUT2D eigenvalue weighted by Crippen LogP contribution is 2.37. The Kier molecular flexibility index (Phi) is 5.70. The minimum absolute atomic E-state index is 0.385.